The van der Waals surface area contributed by atoms with E-state index in [1.807, 2.05) is 44.2 Å². The third-order valence-electron chi connectivity index (χ3n) is 5.73. The van der Waals surface area contributed by atoms with Crippen LogP contribution in [0.15, 0.2) is 78.9 Å². The van der Waals surface area contributed by atoms with Gasteiger partial charge in [0.15, 0.2) is 6.61 Å². The van der Waals surface area contributed by atoms with Crippen LogP contribution in [0.3, 0.4) is 0 Å². The van der Waals surface area contributed by atoms with Crippen LogP contribution in [0.1, 0.15) is 31.4 Å². The number of nitrogens with one attached hydrogen (secondary N) is 1. The highest BCUT2D eigenvalue weighted by Gasteiger charge is 2.31. The average molecular weight is 497 g/mol. The van der Waals surface area contributed by atoms with Crippen LogP contribution >= 0.6 is 11.6 Å². The first-order valence-corrected chi connectivity index (χ1v) is 12.0. The normalized spacial score (nSPS) is 12.5. The van der Waals surface area contributed by atoms with E-state index in [4.69, 9.17) is 16.3 Å². The Balaban J connectivity index is 1.91. The molecule has 0 aromatic heterocycles. The highest BCUT2D eigenvalue weighted by Crippen LogP contribution is 2.23. The van der Waals surface area contributed by atoms with Crippen LogP contribution in [0, 0.1) is 5.82 Å². The Hall–Kier alpha value is -3.38. The van der Waals surface area contributed by atoms with Crippen molar-refractivity contribution in [3.63, 3.8) is 0 Å². The van der Waals surface area contributed by atoms with E-state index in [2.05, 4.69) is 5.32 Å². The van der Waals surface area contributed by atoms with Gasteiger partial charge in [-0.1, -0.05) is 73.1 Å². The first-order valence-electron chi connectivity index (χ1n) is 11.6. The van der Waals surface area contributed by atoms with Gasteiger partial charge >= 0.3 is 0 Å². The Kier molecular flexibility index (Phi) is 9.67. The van der Waals surface area contributed by atoms with E-state index in [-0.39, 0.29) is 36.8 Å². The molecule has 0 aliphatic heterocycles. The van der Waals surface area contributed by atoms with E-state index >= 15 is 0 Å². The van der Waals surface area contributed by atoms with Gasteiger partial charge in [0.1, 0.15) is 17.6 Å². The molecule has 0 fully saturated rings. The third kappa shape index (κ3) is 7.82. The molecule has 3 aromatic carbocycles. The van der Waals surface area contributed by atoms with Crippen molar-refractivity contribution in [3.05, 3.63) is 101 Å². The first kappa shape index (κ1) is 26.2. The highest BCUT2D eigenvalue weighted by atomic mass is 35.5. The SMILES string of the molecule is CC[C@@H](C)NC(=O)[C@H](Cc1ccccc1)N(Cc1ccc(F)cc1)C(=O)COc1ccccc1Cl. The molecule has 1 N–H and O–H groups in total. The number of halogens is 2. The molecule has 0 radical (unpaired) electrons. The standard InChI is InChI=1S/C28H30ClFN2O3/c1-3-20(2)31-28(34)25(17-21-9-5-4-6-10-21)32(18-22-13-15-23(30)16-14-22)27(33)19-35-26-12-8-7-11-24(26)29/h4-16,20,25H,3,17-19H2,1-2H3,(H,31,34)/t20-,25+/m1/s1. The van der Waals surface area contributed by atoms with Crippen LogP contribution < -0.4 is 10.1 Å². The summed E-state index contributed by atoms with van der Waals surface area (Å²) in [5.41, 5.74) is 1.62. The van der Waals surface area contributed by atoms with E-state index in [1.54, 1.807) is 36.4 Å². The summed E-state index contributed by atoms with van der Waals surface area (Å²) >= 11 is 6.18. The minimum Gasteiger partial charge on any atom is -0.482 e. The molecular weight excluding hydrogens is 467 g/mol. The number of rotatable bonds is 11. The van der Waals surface area contributed by atoms with E-state index in [0.29, 0.717) is 22.8 Å². The third-order valence-corrected chi connectivity index (χ3v) is 6.04. The zero-order chi connectivity index (χ0) is 25.2. The van der Waals surface area contributed by atoms with Gasteiger partial charge in [-0.05, 0) is 48.7 Å². The Morgan fingerprint density at radius 1 is 0.971 bits per heavy atom. The fourth-order valence-corrected chi connectivity index (χ4v) is 3.76. The summed E-state index contributed by atoms with van der Waals surface area (Å²) in [4.78, 5) is 28.4. The highest BCUT2D eigenvalue weighted by molar-refractivity contribution is 6.32. The molecule has 0 spiro atoms. The van der Waals surface area contributed by atoms with E-state index in [0.717, 1.165) is 12.0 Å². The average Bonchev–Trinajstić information content (AvgIpc) is 2.87. The number of carbonyl (C=O) groups excluding carboxylic acids is 2. The van der Waals surface area contributed by atoms with Gasteiger partial charge in [0.2, 0.25) is 5.91 Å². The minimum atomic E-state index is -0.793. The van der Waals surface area contributed by atoms with Crippen molar-refractivity contribution in [2.24, 2.45) is 0 Å². The lowest BCUT2D eigenvalue weighted by atomic mass is 10.0. The summed E-state index contributed by atoms with van der Waals surface area (Å²) in [5.74, 6) is -0.622. The molecule has 0 aliphatic rings. The molecule has 0 heterocycles. The number of nitrogens with zero attached hydrogens (tertiary/aromatic N) is 1. The summed E-state index contributed by atoms with van der Waals surface area (Å²) in [7, 11) is 0. The van der Waals surface area contributed by atoms with Gasteiger partial charge in [0.05, 0.1) is 5.02 Å². The van der Waals surface area contributed by atoms with Crippen molar-refractivity contribution in [1.82, 2.24) is 10.2 Å². The van der Waals surface area contributed by atoms with Gasteiger partial charge in [-0.15, -0.1) is 0 Å². The lowest BCUT2D eigenvalue weighted by Crippen LogP contribution is -2.53. The Bertz CT molecular complexity index is 1110. The molecule has 5 nitrogen and oxygen atoms in total. The number of benzene rings is 3. The van der Waals surface area contributed by atoms with Crippen molar-refractivity contribution in [3.8, 4) is 5.75 Å². The maximum Gasteiger partial charge on any atom is 0.261 e. The fourth-order valence-electron chi connectivity index (χ4n) is 3.57. The van der Waals surface area contributed by atoms with Crippen molar-refractivity contribution >= 4 is 23.4 Å². The molecule has 184 valence electrons. The number of para-hydroxylation sites is 1. The second-order valence-electron chi connectivity index (χ2n) is 8.39. The van der Waals surface area contributed by atoms with Gasteiger partial charge in [-0.2, -0.15) is 0 Å². The number of amides is 2. The molecule has 2 amide bonds. The van der Waals surface area contributed by atoms with Crippen molar-refractivity contribution in [2.45, 2.75) is 45.3 Å². The summed E-state index contributed by atoms with van der Waals surface area (Å²) in [6.07, 6.45) is 1.08. The Labute approximate surface area is 210 Å². The van der Waals surface area contributed by atoms with Gasteiger partial charge < -0.3 is 15.0 Å². The van der Waals surface area contributed by atoms with Gasteiger partial charge in [0.25, 0.3) is 5.91 Å². The van der Waals surface area contributed by atoms with Crippen molar-refractivity contribution in [2.75, 3.05) is 6.61 Å². The molecule has 0 bridgehead atoms. The van der Waals surface area contributed by atoms with Gasteiger partial charge in [-0.3, -0.25) is 9.59 Å². The van der Waals surface area contributed by atoms with Gasteiger partial charge in [0, 0.05) is 19.0 Å². The van der Waals surface area contributed by atoms with Crippen LogP contribution in [-0.4, -0.2) is 35.4 Å². The largest absolute Gasteiger partial charge is 0.482 e. The molecule has 0 saturated heterocycles. The van der Waals surface area contributed by atoms with Crippen LogP contribution in [0.25, 0.3) is 0 Å². The molecule has 7 heteroatoms. The molecule has 35 heavy (non-hydrogen) atoms. The van der Waals surface area contributed by atoms with Crippen LogP contribution in [0.5, 0.6) is 5.75 Å². The summed E-state index contributed by atoms with van der Waals surface area (Å²) in [6, 6.07) is 21.5. The Morgan fingerprint density at radius 2 is 1.63 bits per heavy atom. The monoisotopic (exact) mass is 496 g/mol. The fraction of sp³-hybridized carbons (Fsp3) is 0.286. The summed E-state index contributed by atoms with van der Waals surface area (Å²) < 4.78 is 19.2. The summed E-state index contributed by atoms with van der Waals surface area (Å²) in [5, 5.41) is 3.40. The van der Waals surface area contributed by atoms with Crippen molar-refractivity contribution in [1.29, 1.82) is 0 Å². The molecule has 3 rings (SSSR count). The predicted octanol–water partition coefficient (Wildman–Crippen LogP) is 5.41. The molecule has 0 saturated carbocycles. The molecule has 0 unspecified atom stereocenters. The minimum absolute atomic E-state index is 0.0529. The van der Waals surface area contributed by atoms with E-state index in [9.17, 15) is 14.0 Å². The molecular formula is C28H30ClFN2O3. The maximum atomic E-state index is 13.5. The van der Waals surface area contributed by atoms with E-state index in [1.165, 1.54) is 17.0 Å². The lowest BCUT2D eigenvalue weighted by Gasteiger charge is -2.32. The molecule has 3 aromatic rings. The number of hydrogen-bond acceptors (Lipinski definition) is 3. The first-order chi connectivity index (χ1) is 16.9. The van der Waals surface area contributed by atoms with Crippen LogP contribution in [0.4, 0.5) is 4.39 Å². The number of hydrogen-bond donors (Lipinski definition) is 1. The topological polar surface area (TPSA) is 58.6 Å². The molecule has 0 aliphatic carbocycles. The Morgan fingerprint density at radius 3 is 2.29 bits per heavy atom. The second-order valence-corrected chi connectivity index (χ2v) is 8.80. The lowest BCUT2D eigenvalue weighted by molar-refractivity contribution is -0.143. The van der Waals surface area contributed by atoms with Crippen LogP contribution in [0.2, 0.25) is 5.02 Å². The smallest absolute Gasteiger partial charge is 0.261 e. The number of ether oxygens (including phenoxy) is 1. The predicted molar refractivity (Wildman–Crippen MR) is 136 cm³/mol. The zero-order valence-corrected chi connectivity index (χ0v) is 20.7. The molecule has 2 atom stereocenters. The van der Waals surface area contributed by atoms with Crippen molar-refractivity contribution < 1.29 is 18.7 Å². The maximum absolute atomic E-state index is 13.5. The van der Waals surface area contributed by atoms with Crippen LogP contribution in [-0.2, 0) is 22.6 Å². The summed E-state index contributed by atoms with van der Waals surface area (Å²) in [6.45, 7) is 3.73. The zero-order valence-electron chi connectivity index (χ0n) is 19.9. The second kappa shape index (κ2) is 12.9. The quantitative estimate of drug-likeness (QED) is 0.386. The van der Waals surface area contributed by atoms with Gasteiger partial charge in [-0.25, -0.2) is 4.39 Å². The van der Waals surface area contributed by atoms with E-state index < -0.39 is 6.04 Å². The number of carbonyl (C=O) groups is 2.